The Balaban J connectivity index is 2.45. The summed E-state index contributed by atoms with van der Waals surface area (Å²) in [6.45, 7) is 5.21. The standard InChI is InChI=1S/C14H22N4O3/c1-3-16-10(2)11-5-4-6-12(9-11)18-14(20)17-7-8-21-13(15)19/h4-6,9-10,16H,3,7-8H2,1-2H3,(H2,15,19)(H2,17,18,20). The van der Waals surface area contributed by atoms with Crippen molar-refractivity contribution in [3.63, 3.8) is 0 Å². The molecule has 0 fully saturated rings. The highest BCUT2D eigenvalue weighted by Gasteiger charge is 2.06. The summed E-state index contributed by atoms with van der Waals surface area (Å²) in [6.07, 6.45) is -0.859. The second-order valence-electron chi connectivity index (χ2n) is 4.45. The van der Waals surface area contributed by atoms with Crippen LogP contribution in [0, 0.1) is 0 Å². The number of nitrogens with one attached hydrogen (secondary N) is 3. The van der Waals surface area contributed by atoms with Crippen molar-refractivity contribution in [1.82, 2.24) is 10.6 Å². The maximum absolute atomic E-state index is 11.7. The van der Waals surface area contributed by atoms with Crippen LogP contribution in [0.5, 0.6) is 0 Å². The number of ether oxygens (including phenoxy) is 1. The topological polar surface area (TPSA) is 105 Å². The van der Waals surface area contributed by atoms with Crippen LogP contribution in [0.15, 0.2) is 24.3 Å². The van der Waals surface area contributed by atoms with E-state index in [1.54, 1.807) is 0 Å². The minimum absolute atomic E-state index is 0.0419. The number of benzene rings is 1. The van der Waals surface area contributed by atoms with Gasteiger partial charge in [-0.1, -0.05) is 19.1 Å². The first-order chi connectivity index (χ1) is 10.0. The molecule has 1 rings (SSSR count). The Morgan fingerprint density at radius 2 is 2.14 bits per heavy atom. The molecule has 7 nitrogen and oxygen atoms in total. The molecule has 3 amide bonds. The van der Waals surface area contributed by atoms with Crippen LogP contribution < -0.4 is 21.7 Å². The molecule has 1 atom stereocenters. The summed E-state index contributed by atoms with van der Waals surface area (Å²) < 4.78 is 4.51. The fourth-order valence-electron chi connectivity index (χ4n) is 1.80. The van der Waals surface area contributed by atoms with Gasteiger partial charge in [0.2, 0.25) is 0 Å². The number of primary amides is 1. The second kappa shape index (κ2) is 8.80. The van der Waals surface area contributed by atoms with Gasteiger partial charge in [0.05, 0.1) is 6.54 Å². The minimum Gasteiger partial charge on any atom is -0.448 e. The lowest BCUT2D eigenvalue weighted by atomic mass is 10.1. The smallest absolute Gasteiger partial charge is 0.404 e. The number of anilines is 1. The first-order valence-electron chi connectivity index (χ1n) is 6.83. The summed E-state index contributed by atoms with van der Waals surface area (Å²) >= 11 is 0. The maximum atomic E-state index is 11.7. The summed E-state index contributed by atoms with van der Waals surface area (Å²) in [6, 6.07) is 7.45. The molecule has 7 heteroatoms. The Labute approximate surface area is 124 Å². The predicted molar refractivity (Wildman–Crippen MR) is 81.1 cm³/mol. The van der Waals surface area contributed by atoms with Crippen LogP contribution in [0.1, 0.15) is 25.5 Å². The molecule has 0 heterocycles. The lowest BCUT2D eigenvalue weighted by Crippen LogP contribution is -2.32. The van der Waals surface area contributed by atoms with Crippen LogP contribution in [0.2, 0.25) is 0 Å². The van der Waals surface area contributed by atoms with Crippen molar-refractivity contribution in [2.75, 3.05) is 25.0 Å². The van der Waals surface area contributed by atoms with Gasteiger partial charge in [0, 0.05) is 11.7 Å². The highest BCUT2D eigenvalue weighted by Crippen LogP contribution is 2.17. The molecule has 0 aliphatic carbocycles. The molecule has 5 N–H and O–H groups in total. The van der Waals surface area contributed by atoms with Crippen molar-refractivity contribution in [3.05, 3.63) is 29.8 Å². The zero-order valence-electron chi connectivity index (χ0n) is 12.3. The average Bonchev–Trinajstić information content (AvgIpc) is 2.44. The zero-order chi connectivity index (χ0) is 15.7. The zero-order valence-corrected chi connectivity index (χ0v) is 12.3. The number of amides is 3. The first-order valence-corrected chi connectivity index (χ1v) is 6.83. The van der Waals surface area contributed by atoms with E-state index in [0.717, 1.165) is 12.1 Å². The van der Waals surface area contributed by atoms with Crippen molar-refractivity contribution in [2.24, 2.45) is 5.73 Å². The molecule has 1 unspecified atom stereocenters. The molecule has 0 saturated carbocycles. The van der Waals surface area contributed by atoms with Gasteiger partial charge in [-0.05, 0) is 31.2 Å². The number of hydrogen-bond donors (Lipinski definition) is 4. The van der Waals surface area contributed by atoms with Gasteiger partial charge >= 0.3 is 12.1 Å². The molecular weight excluding hydrogens is 272 g/mol. The Morgan fingerprint density at radius 1 is 1.38 bits per heavy atom. The number of urea groups is 1. The van der Waals surface area contributed by atoms with Crippen molar-refractivity contribution in [2.45, 2.75) is 19.9 Å². The van der Waals surface area contributed by atoms with Crippen molar-refractivity contribution < 1.29 is 14.3 Å². The van der Waals surface area contributed by atoms with E-state index in [1.807, 2.05) is 31.2 Å². The van der Waals surface area contributed by atoms with E-state index in [2.05, 4.69) is 27.6 Å². The van der Waals surface area contributed by atoms with Gasteiger partial charge in [-0.3, -0.25) is 0 Å². The van der Waals surface area contributed by atoms with Crippen molar-refractivity contribution >= 4 is 17.8 Å². The molecule has 0 aliphatic rings. The summed E-state index contributed by atoms with van der Waals surface area (Å²) in [5.41, 5.74) is 6.60. The van der Waals surface area contributed by atoms with Crippen molar-refractivity contribution in [3.8, 4) is 0 Å². The molecule has 1 aromatic carbocycles. The van der Waals surface area contributed by atoms with Crippen LogP contribution in [0.25, 0.3) is 0 Å². The lowest BCUT2D eigenvalue weighted by Gasteiger charge is -2.14. The molecule has 116 valence electrons. The molecular formula is C14H22N4O3. The van der Waals surface area contributed by atoms with Crippen LogP contribution >= 0.6 is 0 Å². The van der Waals surface area contributed by atoms with Crippen molar-refractivity contribution in [1.29, 1.82) is 0 Å². The van der Waals surface area contributed by atoms with Gasteiger partial charge in [0.1, 0.15) is 6.61 Å². The number of nitrogens with two attached hydrogens (primary N) is 1. The summed E-state index contributed by atoms with van der Waals surface area (Å²) in [5.74, 6) is 0. The van der Waals surface area contributed by atoms with E-state index in [9.17, 15) is 9.59 Å². The highest BCUT2D eigenvalue weighted by atomic mass is 16.5. The molecule has 0 saturated heterocycles. The van der Waals surface area contributed by atoms with E-state index >= 15 is 0 Å². The lowest BCUT2D eigenvalue weighted by molar-refractivity contribution is 0.157. The highest BCUT2D eigenvalue weighted by molar-refractivity contribution is 5.89. The fourth-order valence-corrected chi connectivity index (χ4v) is 1.80. The molecule has 0 radical (unpaired) electrons. The SMILES string of the molecule is CCNC(C)c1cccc(NC(=O)NCCOC(N)=O)c1. The van der Waals surface area contributed by atoms with E-state index in [4.69, 9.17) is 5.73 Å². The predicted octanol–water partition coefficient (Wildman–Crippen LogP) is 1.57. The van der Waals surface area contributed by atoms with Gasteiger partial charge < -0.3 is 26.4 Å². The Bertz CT molecular complexity index is 479. The van der Waals surface area contributed by atoms with Crippen LogP contribution in [0.4, 0.5) is 15.3 Å². The van der Waals surface area contributed by atoms with E-state index < -0.39 is 6.09 Å². The third-order valence-electron chi connectivity index (χ3n) is 2.79. The molecule has 0 spiro atoms. The molecule has 21 heavy (non-hydrogen) atoms. The van der Waals surface area contributed by atoms with Gasteiger partial charge in [-0.25, -0.2) is 9.59 Å². The Kier molecular flexibility index (Phi) is 7.03. The largest absolute Gasteiger partial charge is 0.448 e. The Morgan fingerprint density at radius 3 is 2.81 bits per heavy atom. The minimum atomic E-state index is -0.859. The summed E-state index contributed by atoms with van der Waals surface area (Å²) in [5, 5.41) is 8.59. The number of carbonyl (C=O) groups is 2. The van der Waals surface area contributed by atoms with E-state index in [1.165, 1.54) is 0 Å². The molecule has 0 bridgehead atoms. The third kappa shape index (κ3) is 6.62. The second-order valence-corrected chi connectivity index (χ2v) is 4.45. The van der Waals surface area contributed by atoms with Crippen LogP contribution in [-0.4, -0.2) is 31.8 Å². The average molecular weight is 294 g/mol. The normalized spacial score (nSPS) is 11.5. The summed E-state index contributed by atoms with van der Waals surface area (Å²) in [7, 11) is 0. The molecule has 1 aromatic rings. The maximum Gasteiger partial charge on any atom is 0.404 e. The quantitative estimate of drug-likeness (QED) is 0.573. The van der Waals surface area contributed by atoms with E-state index in [0.29, 0.717) is 5.69 Å². The van der Waals surface area contributed by atoms with Gasteiger partial charge in [0.25, 0.3) is 0 Å². The number of carbonyl (C=O) groups excluding carboxylic acids is 2. The number of rotatable bonds is 7. The van der Waals surface area contributed by atoms with Gasteiger partial charge in [-0.15, -0.1) is 0 Å². The molecule has 0 aromatic heterocycles. The van der Waals surface area contributed by atoms with Crippen LogP contribution in [-0.2, 0) is 4.74 Å². The first kappa shape index (κ1) is 16.8. The van der Waals surface area contributed by atoms with Gasteiger partial charge in [0.15, 0.2) is 0 Å². The monoisotopic (exact) mass is 294 g/mol. The Hall–Kier alpha value is -2.28. The summed E-state index contributed by atoms with van der Waals surface area (Å²) in [4.78, 5) is 22.0. The third-order valence-corrected chi connectivity index (χ3v) is 2.79. The number of hydrogen-bond acceptors (Lipinski definition) is 4. The fraction of sp³-hybridized carbons (Fsp3) is 0.429. The van der Waals surface area contributed by atoms with Crippen LogP contribution in [0.3, 0.4) is 0 Å². The molecule has 0 aliphatic heterocycles. The van der Waals surface area contributed by atoms with E-state index in [-0.39, 0.29) is 25.2 Å². The van der Waals surface area contributed by atoms with Gasteiger partial charge in [-0.2, -0.15) is 0 Å².